The molecule has 0 aromatic heterocycles. The molecular weight excluding hydrogens is 200 g/mol. The number of hydrogen-bond donors (Lipinski definition) is 1. The van der Waals surface area contributed by atoms with Crippen molar-refractivity contribution in [2.75, 3.05) is 12.8 Å². The smallest absolute Gasteiger partial charge is 0.255 e. The normalized spacial score (nSPS) is 15.6. The number of amides is 1. The average molecular weight is 218 g/mol. The standard InChI is InChI=1S/C13H18N2O/c1-9-6-7-12(14)11(8-9)13(16)15(2)10-4-3-5-10/h6-8,10H,3-5,14H2,1-2H3. The topological polar surface area (TPSA) is 46.3 Å². The van der Waals surface area contributed by atoms with Gasteiger partial charge in [-0.3, -0.25) is 4.79 Å². The molecule has 0 spiro atoms. The number of carbonyl (C=O) groups excluding carboxylic acids is 1. The number of hydrogen-bond acceptors (Lipinski definition) is 2. The van der Waals surface area contributed by atoms with Crippen LogP contribution in [0.2, 0.25) is 0 Å². The van der Waals surface area contributed by atoms with E-state index in [9.17, 15) is 4.79 Å². The lowest BCUT2D eigenvalue weighted by atomic mass is 9.91. The Hall–Kier alpha value is -1.51. The minimum Gasteiger partial charge on any atom is -0.398 e. The molecule has 1 saturated carbocycles. The first-order chi connectivity index (χ1) is 7.59. The van der Waals surface area contributed by atoms with Crippen molar-refractivity contribution in [1.29, 1.82) is 0 Å². The van der Waals surface area contributed by atoms with E-state index in [-0.39, 0.29) is 5.91 Å². The lowest BCUT2D eigenvalue weighted by Crippen LogP contribution is -2.41. The summed E-state index contributed by atoms with van der Waals surface area (Å²) in [5.41, 5.74) is 8.11. The van der Waals surface area contributed by atoms with Gasteiger partial charge in [-0.2, -0.15) is 0 Å². The average Bonchev–Trinajstić information content (AvgIpc) is 2.18. The van der Waals surface area contributed by atoms with E-state index in [2.05, 4.69) is 0 Å². The fraction of sp³-hybridized carbons (Fsp3) is 0.462. The van der Waals surface area contributed by atoms with Crippen molar-refractivity contribution in [2.24, 2.45) is 0 Å². The summed E-state index contributed by atoms with van der Waals surface area (Å²) in [5, 5.41) is 0. The molecule has 0 aliphatic heterocycles. The maximum absolute atomic E-state index is 12.2. The molecular formula is C13H18N2O. The second-order valence-corrected chi connectivity index (χ2v) is 4.59. The van der Waals surface area contributed by atoms with Crippen molar-refractivity contribution in [3.8, 4) is 0 Å². The van der Waals surface area contributed by atoms with E-state index in [0.29, 0.717) is 17.3 Å². The Morgan fingerprint density at radius 1 is 1.44 bits per heavy atom. The molecule has 86 valence electrons. The summed E-state index contributed by atoms with van der Waals surface area (Å²) >= 11 is 0. The van der Waals surface area contributed by atoms with Gasteiger partial charge in [0.05, 0.1) is 5.56 Å². The maximum Gasteiger partial charge on any atom is 0.255 e. The minimum atomic E-state index is 0.0471. The predicted octanol–water partition coefficient (Wildman–Crippen LogP) is 2.20. The summed E-state index contributed by atoms with van der Waals surface area (Å²) in [6.45, 7) is 1.97. The number of nitrogens with two attached hydrogens (primary N) is 1. The second kappa shape index (κ2) is 4.16. The molecule has 1 aromatic carbocycles. The number of nitrogen functional groups attached to an aromatic ring is 1. The van der Waals surface area contributed by atoms with Crippen LogP contribution in [0.4, 0.5) is 5.69 Å². The van der Waals surface area contributed by atoms with Crippen molar-refractivity contribution in [3.63, 3.8) is 0 Å². The Kier molecular flexibility index (Phi) is 2.86. The van der Waals surface area contributed by atoms with Crippen molar-refractivity contribution in [1.82, 2.24) is 4.90 Å². The Bertz CT molecular complexity index is 410. The van der Waals surface area contributed by atoms with Gasteiger partial charge in [0.2, 0.25) is 0 Å². The van der Waals surface area contributed by atoms with Crippen molar-refractivity contribution in [3.05, 3.63) is 29.3 Å². The van der Waals surface area contributed by atoms with Gasteiger partial charge < -0.3 is 10.6 Å². The van der Waals surface area contributed by atoms with Crippen LogP contribution in [0.1, 0.15) is 35.2 Å². The number of rotatable bonds is 2. The lowest BCUT2D eigenvalue weighted by Gasteiger charge is -2.35. The Morgan fingerprint density at radius 3 is 2.69 bits per heavy atom. The van der Waals surface area contributed by atoms with Gasteiger partial charge in [-0.25, -0.2) is 0 Å². The molecule has 16 heavy (non-hydrogen) atoms. The van der Waals surface area contributed by atoms with Gasteiger partial charge >= 0.3 is 0 Å². The van der Waals surface area contributed by atoms with E-state index in [4.69, 9.17) is 5.73 Å². The van der Waals surface area contributed by atoms with E-state index in [1.54, 1.807) is 6.07 Å². The van der Waals surface area contributed by atoms with Crippen LogP contribution >= 0.6 is 0 Å². The molecule has 1 aliphatic rings. The molecule has 0 saturated heterocycles. The Balaban J connectivity index is 2.22. The van der Waals surface area contributed by atoms with Crippen molar-refractivity contribution >= 4 is 11.6 Å². The van der Waals surface area contributed by atoms with Crippen molar-refractivity contribution < 1.29 is 4.79 Å². The molecule has 0 radical (unpaired) electrons. The molecule has 0 heterocycles. The summed E-state index contributed by atoms with van der Waals surface area (Å²) in [6.07, 6.45) is 3.47. The van der Waals surface area contributed by atoms with Gasteiger partial charge in [-0.1, -0.05) is 11.6 Å². The molecule has 1 amide bonds. The third-order valence-corrected chi connectivity index (χ3v) is 3.38. The fourth-order valence-electron chi connectivity index (χ4n) is 1.99. The minimum absolute atomic E-state index is 0.0471. The summed E-state index contributed by atoms with van der Waals surface area (Å²) in [5.74, 6) is 0.0471. The molecule has 1 aliphatic carbocycles. The van der Waals surface area contributed by atoms with Gasteiger partial charge in [-0.05, 0) is 38.3 Å². The SMILES string of the molecule is Cc1ccc(N)c(C(=O)N(C)C2CCC2)c1. The highest BCUT2D eigenvalue weighted by Gasteiger charge is 2.27. The second-order valence-electron chi connectivity index (χ2n) is 4.59. The van der Waals surface area contributed by atoms with Gasteiger partial charge in [0.1, 0.15) is 0 Å². The Labute approximate surface area is 96.2 Å². The molecule has 2 rings (SSSR count). The molecule has 1 fully saturated rings. The van der Waals surface area contributed by atoms with E-state index in [1.807, 2.05) is 31.0 Å². The molecule has 0 atom stereocenters. The first kappa shape index (κ1) is 11.0. The molecule has 3 heteroatoms. The number of carbonyl (C=O) groups is 1. The highest BCUT2D eigenvalue weighted by Crippen LogP contribution is 2.26. The van der Waals surface area contributed by atoms with E-state index < -0.39 is 0 Å². The third-order valence-electron chi connectivity index (χ3n) is 3.38. The van der Waals surface area contributed by atoms with Gasteiger partial charge in [-0.15, -0.1) is 0 Å². The number of benzene rings is 1. The fourth-order valence-corrected chi connectivity index (χ4v) is 1.99. The molecule has 0 bridgehead atoms. The highest BCUT2D eigenvalue weighted by molar-refractivity contribution is 5.99. The number of aryl methyl sites for hydroxylation is 1. The van der Waals surface area contributed by atoms with Crippen LogP contribution in [0.5, 0.6) is 0 Å². The number of anilines is 1. The quantitative estimate of drug-likeness (QED) is 0.773. The van der Waals surface area contributed by atoms with E-state index in [0.717, 1.165) is 18.4 Å². The Morgan fingerprint density at radius 2 is 2.12 bits per heavy atom. The van der Waals surface area contributed by atoms with Crippen molar-refractivity contribution in [2.45, 2.75) is 32.2 Å². The van der Waals surface area contributed by atoms with Crippen LogP contribution in [0.25, 0.3) is 0 Å². The van der Waals surface area contributed by atoms with E-state index in [1.165, 1.54) is 6.42 Å². The summed E-state index contributed by atoms with van der Waals surface area (Å²) < 4.78 is 0. The van der Waals surface area contributed by atoms with Gasteiger partial charge in [0.15, 0.2) is 0 Å². The summed E-state index contributed by atoms with van der Waals surface area (Å²) in [4.78, 5) is 14.0. The summed E-state index contributed by atoms with van der Waals surface area (Å²) in [7, 11) is 1.87. The van der Waals surface area contributed by atoms with Crippen LogP contribution in [-0.4, -0.2) is 23.9 Å². The first-order valence-electron chi connectivity index (χ1n) is 5.73. The van der Waals surface area contributed by atoms with Gasteiger partial charge in [0.25, 0.3) is 5.91 Å². The maximum atomic E-state index is 12.2. The van der Waals surface area contributed by atoms with Crippen LogP contribution in [0.15, 0.2) is 18.2 Å². The molecule has 2 N–H and O–H groups in total. The number of nitrogens with zero attached hydrogens (tertiary/aromatic N) is 1. The van der Waals surface area contributed by atoms with Gasteiger partial charge in [0, 0.05) is 18.8 Å². The zero-order valence-electron chi connectivity index (χ0n) is 9.86. The lowest BCUT2D eigenvalue weighted by molar-refractivity contribution is 0.0653. The van der Waals surface area contributed by atoms with E-state index >= 15 is 0 Å². The molecule has 3 nitrogen and oxygen atoms in total. The molecule has 1 aromatic rings. The van der Waals surface area contributed by atoms with Crippen LogP contribution in [-0.2, 0) is 0 Å². The monoisotopic (exact) mass is 218 g/mol. The zero-order chi connectivity index (χ0) is 11.7. The summed E-state index contributed by atoms with van der Waals surface area (Å²) in [6, 6.07) is 6.01. The van der Waals surface area contributed by atoms with Crippen LogP contribution in [0.3, 0.4) is 0 Å². The zero-order valence-corrected chi connectivity index (χ0v) is 9.86. The molecule has 0 unspecified atom stereocenters. The van der Waals surface area contributed by atoms with Crippen LogP contribution in [0, 0.1) is 6.92 Å². The predicted molar refractivity (Wildman–Crippen MR) is 65.3 cm³/mol. The highest BCUT2D eigenvalue weighted by atomic mass is 16.2. The van der Waals surface area contributed by atoms with Crippen LogP contribution < -0.4 is 5.73 Å². The third kappa shape index (κ3) is 1.90. The largest absolute Gasteiger partial charge is 0.398 e. The first-order valence-corrected chi connectivity index (χ1v) is 5.73.